The molecule has 0 saturated carbocycles. The predicted octanol–water partition coefficient (Wildman–Crippen LogP) is 1.75. The number of nitrogens with one attached hydrogen (secondary N) is 2. The highest BCUT2D eigenvalue weighted by Crippen LogP contribution is 2.03. The number of hydrogen-bond acceptors (Lipinski definition) is 2. The lowest BCUT2D eigenvalue weighted by Gasteiger charge is -2.06. The Morgan fingerprint density at radius 1 is 1.22 bits per heavy atom. The van der Waals surface area contributed by atoms with E-state index in [1.807, 2.05) is 60.4 Å². The Morgan fingerprint density at radius 2 is 2.00 bits per heavy atom. The predicted molar refractivity (Wildman–Crippen MR) is 72.2 cm³/mol. The molecular formula is C14H17N3O. The molecule has 2 aromatic rings. The van der Waals surface area contributed by atoms with Gasteiger partial charge in [-0.15, -0.1) is 0 Å². The van der Waals surface area contributed by atoms with Crippen molar-refractivity contribution in [2.24, 2.45) is 7.05 Å². The molecule has 0 aliphatic carbocycles. The number of benzene rings is 1. The molecular weight excluding hydrogens is 226 g/mol. The second kappa shape index (κ2) is 5.91. The number of carbonyl (C=O) groups excluding carboxylic acids is 1. The number of aromatic nitrogens is 1. The molecule has 2 rings (SSSR count). The van der Waals surface area contributed by atoms with Crippen molar-refractivity contribution in [2.45, 2.75) is 6.54 Å². The van der Waals surface area contributed by atoms with E-state index in [1.54, 1.807) is 0 Å². The Hall–Kier alpha value is -2.23. The summed E-state index contributed by atoms with van der Waals surface area (Å²) in [5.41, 5.74) is 2.05. The van der Waals surface area contributed by atoms with Crippen LogP contribution in [0, 0.1) is 0 Å². The SMILES string of the molecule is Cn1ccc(CNC(=O)CNc2ccccc2)c1. The lowest BCUT2D eigenvalue weighted by atomic mass is 10.3. The Kier molecular flexibility index (Phi) is 4.02. The van der Waals surface area contributed by atoms with Crippen LogP contribution in [0.2, 0.25) is 0 Å². The van der Waals surface area contributed by atoms with Crippen molar-refractivity contribution in [1.29, 1.82) is 0 Å². The molecule has 18 heavy (non-hydrogen) atoms. The summed E-state index contributed by atoms with van der Waals surface area (Å²) in [6, 6.07) is 11.7. The van der Waals surface area contributed by atoms with Crippen molar-refractivity contribution in [1.82, 2.24) is 9.88 Å². The van der Waals surface area contributed by atoms with Crippen LogP contribution < -0.4 is 10.6 Å². The average Bonchev–Trinajstić information content (AvgIpc) is 2.81. The molecule has 94 valence electrons. The van der Waals surface area contributed by atoms with E-state index in [4.69, 9.17) is 0 Å². The average molecular weight is 243 g/mol. The van der Waals surface area contributed by atoms with Gasteiger partial charge in [0, 0.05) is 31.7 Å². The van der Waals surface area contributed by atoms with Crippen molar-refractivity contribution >= 4 is 11.6 Å². The van der Waals surface area contributed by atoms with Gasteiger partial charge in [-0.25, -0.2) is 0 Å². The first-order valence-electron chi connectivity index (χ1n) is 5.90. The van der Waals surface area contributed by atoms with Crippen molar-refractivity contribution in [3.63, 3.8) is 0 Å². The number of carbonyl (C=O) groups is 1. The molecule has 1 heterocycles. The Labute approximate surface area is 107 Å². The van der Waals surface area contributed by atoms with E-state index < -0.39 is 0 Å². The van der Waals surface area contributed by atoms with E-state index in [9.17, 15) is 4.79 Å². The van der Waals surface area contributed by atoms with Crippen LogP contribution in [0.1, 0.15) is 5.56 Å². The minimum atomic E-state index is -0.0114. The fraction of sp³-hybridized carbons (Fsp3) is 0.214. The summed E-state index contributed by atoms with van der Waals surface area (Å²) in [7, 11) is 1.96. The fourth-order valence-corrected chi connectivity index (χ4v) is 1.67. The molecule has 1 aromatic carbocycles. The van der Waals surface area contributed by atoms with Crippen LogP contribution in [0.3, 0.4) is 0 Å². The molecule has 0 radical (unpaired) electrons. The van der Waals surface area contributed by atoms with E-state index >= 15 is 0 Å². The maximum atomic E-state index is 11.6. The smallest absolute Gasteiger partial charge is 0.239 e. The van der Waals surface area contributed by atoms with Gasteiger partial charge in [-0.3, -0.25) is 4.79 Å². The topological polar surface area (TPSA) is 46.1 Å². The monoisotopic (exact) mass is 243 g/mol. The zero-order valence-electron chi connectivity index (χ0n) is 10.4. The molecule has 4 nitrogen and oxygen atoms in total. The van der Waals surface area contributed by atoms with Gasteiger partial charge in [-0.2, -0.15) is 0 Å². The molecule has 0 unspecified atom stereocenters. The first kappa shape index (κ1) is 12.2. The number of hydrogen-bond donors (Lipinski definition) is 2. The molecule has 4 heteroatoms. The third-order valence-corrected chi connectivity index (χ3v) is 2.61. The van der Waals surface area contributed by atoms with Crippen molar-refractivity contribution in [2.75, 3.05) is 11.9 Å². The number of para-hydroxylation sites is 1. The lowest BCUT2D eigenvalue weighted by Crippen LogP contribution is -2.29. The molecule has 0 saturated heterocycles. The normalized spacial score (nSPS) is 10.1. The van der Waals surface area contributed by atoms with Crippen LogP contribution in [0.5, 0.6) is 0 Å². The molecule has 1 aromatic heterocycles. The van der Waals surface area contributed by atoms with Crippen LogP contribution in [0.15, 0.2) is 48.8 Å². The van der Waals surface area contributed by atoms with Crippen molar-refractivity contribution in [3.8, 4) is 0 Å². The van der Waals surface area contributed by atoms with Gasteiger partial charge in [0.1, 0.15) is 0 Å². The van der Waals surface area contributed by atoms with Gasteiger partial charge in [-0.05, 0) is 23.8 Å². The molecule has 0 aliphatic heterocycles. The lowest BCUT2D eigenvalue weighted by molar-refractivity contribution is -0.119. The summed E-state index contributed by atoms with van der Waals surface area (Å²) < 4.78 is 1.96. The first-order chi connectivity index (χ1) is 8.74. The van der Waals surface area contributed by atoms with Crippen LogP contribution in [0.4, 0.5) is 5.69 Å². The van der Waals surface area contributed by atoms with Gasteiger partial charge in [0.2, 0.25) is 5.91 Å². The van der Waals surface area contributed by atoms with Crippen LogP contribution >= 0.6 is 0 Å². The Morgan fingerprint density at radius 3 is 2.67 bits per heavy atom. The number of aryl methyl sites for hydroxylation is 1. The zero-order chi connectivity index (χ0) is 12.8. The minimum Gasteiger partial charge on any atom is -0.376 e. The van der Waals surface area contributed by atoms with Gasteiger partial charge < -0.3 is 15.2 Å². The molecule has 0 spiro atoms. The minimum absolute atomic E-state index is 0.0114. The number of amides is 1. The third kappa shape index (κ3) is 3.66. The quantitative estimate of drug-likeness (QED) is 0.840. The summed E-state index contributed by atoms with van der Waals surface area (Å²) in [4.78, 5) is 11.6. The summed E-state index contributed by atoms with van der Waals surface area (Å²) in [5, 5.41) is 5.94. The van der Waals surface area contributed by atoms with Gasteiger partial charge >= 0.3 is 0 Å². The highest BCUT2D eigenvalue weighted by Gasteiger charge is 2.01. The van der Waals surface area contributed by atoms with E-state index in [-0.39, 0.29) is 12.5 Å². The van der Waals surface area contributed by atoms with Crippen molar-refractivity contribution in [3.05, 3.63) is 54.4 Å². The molecule has 0 atom stereocenters. The summed E-state index contributed by atoms with van der Waals surface area (Å²) in [6.45, 7) is 0.854. The van der Waals surface area contributed by atoms with Crippen LogP contribution in [0.25, 0.3) is 0 Å². The number of rotatable bonds is 5. The van der Waals surface area contributed by atoms with E-state index in [1.165, 1.54) is 0 Å². The number of nitrogens with zero attached hydrogens (tertiary/aromatic N) is 1. The standard InChI is InChI=1S/C14H17N3O/c1-17-8-7-12(11-17)9-16-14(18)10-15-13-5-3-2-4-6-13/h2-8,11,15H,9-10H2,1H3,(H,16,18). The molecule has 1 amide bonds. The van der Waals surface area contributed by atoms with E-state index in [0.717, 1.165) is 11.3 Å². The molecule has 2 N–H and O–H groups in total. The summed E-state index contributed by atoms with van der Waals surface area (Å²) in [6.07, 6.45) is 3.95. The fourth-order valence-electron chi connectivity index (χ4n) is 1.67. The molecule has 0 bridgehead atoms. The third-order valence-electron chi connectivity index (χ3n) is 2.61. The van der Waals surface area contributed by atoms with Crippen LogP contribution in [-0.2, 0) is 18.4 Å². The van der Waals surface area contributed by atoms with E-state index in [0.29, 0.717) is 6.54 Å². The molecule has 0 aliphatic rings. The largest absolute Gasteiger partial charge is 0.376 e. The van der Waals surface area contributed by atoms with Crippen molar-refractivity contribution < 1.29 is 4.79 Å². The van der Waals surface area contributed by atoms with Gasteiger partial charge in [0.05, 0.1) is 6.54 Å². The Bertz CT molecular complexity index is 505. The zero-order valence-corrected chi connectivity index (χ0v) is 10.4. The maximum Gasteiger partial charge on any atom is 0.239 e. The Balaban J connectivity index is 1.73. The van der Waals surface area contributed by atoms with Crippen LogP contribution in [-0.4, -0.2) is 17.0 Å². The molecule has 0 fully saturated rings. The maximum absolute atomic E-state index is 11.6. The summed E-state index contributed by atoms with van der Waals surface area (Å²) in [5.74, 6) is -0.0114. The summed E-state index contributed by atoms with van der Waals surface area (Å²) >= 11 is 0. The van der Waals surface area contributed by atoms with Gasteiger partial charge in [0.25, 0.3) is 0 Å². The van der Waals surface area contributed by atoms with E-state index in [2.05, 4.69) is 10.6 Å². The highest BCUT2D eigenvalue weighted by atomic mass is 16.1. The van der Waals surface area contributed by atoms with Gasteiger partial charge in [0.15, 0.2) is 0 Å². The van der Waals surface area contributed by atoms with Gasteiger partial charge in [-0.1, -0.05) is 18.2 Å². The second-order valence-corrected chi connectivity index (χ2v) is 4.18. The number of anilines is 1. The second-order valence-electron chi connectivity index (χ2n) is 4.18. The highest BCUT2D eigenvalue weighted by molar-refractivity contribution is 5.80. The first-order valence-corrected chi connectivity index (χ1v) is 5.90.